The molecule has 23 heavy (non-hydrogen) atoms. The van der Waals surface area contributed by atoms with Crippen molar-refractivity contribution < 1.29 is 9.53 Å². The summed E-state index contributed by atoms with van der Waals surface area (Å²) < 4.78 is 5.20. The summed E-state index contributed by atoms with van der Waals surface area (Å²) in [7, 11) is 1.64. The molecule has 0 aliphatic carbocycles. The first-order chi connectivity index (χ1) is 11.2. The molecule has 0 saturated heterocycles. The Morgan fingerprint density at radius 3 is 2.96 bits per heavy atom. The van der Waals surface area contributed by atoms with Crippen molar-refractivity contribution in [3.8, 4) is 5.75 Å². The van der Waals surface area contributed by atoms with Gasteiger partial charge in [-0.05, 0) is 36.2 Å². The molecule has 118 valence electrons. The third-order valence-electron chi connectivity index (χ3n) is 3.72. The lowest BCUT2D eigenvalue weighted by Gasteiger charge is -2.06. The minimum Gasteiger partial charge on any atom is -0.497 e. The number of benzene rings is 2. The average molecular weight is 329 g/mol. The van der Waals surface area contributed by atoms with Crippen molar-refractivity contribution in [2.45, 2.75) is 6.42 Å². The van der Waals surface area contributed by atoms with Crippen LogP contribution in [0.25, 0.3) is 10.9 Å². The fraction of sp³-hybridized carbons (Fsp3) is 0.167. The maximum atomic E-state index is 12.3. The van der Waals surface area contributed by atoms with Gasteiger partial charge in [0.15, 0.2) is 0 Å². The summed E-state index contributed by atoms with van der Waals surface area (Å²) in [5.74, 6) is 0.726. The molecule has 1 aromatic heterocycles. The number of ether oxygens (including phenoxy) is 1. The van der Waals surface area contributed by atoms with E-state index in [2.05, 4.69) is 10.3 Å². The number of rotatable bonds is 5. The predicted octanol–water partition coefficient (Wildman–Crippen LogP) is 3.80. The Balaban J connectivity index is 1.64. The van der Waals surface area contributed by atoms with Gasteiger partial charge in [0.2, 0.25) is 0 Å². The summed E-state index contributed by atoms with van der Waals surface area (Å²) in [6.07, 6.45) is 2.46. The van der Waals surface area contributed by atoms with Crippen LogP contribution in [-0.4, -0.2) is 24.5 Å². The molecule has 2 N–H and O–H groups in total. The average Bonchev–Trinajstić information content (AvgIpc) is 2.98. The van der Waals surface area contributed by atoms with Crippen LogP contribution in [0.1, 0.15) is 15.9 Å². The zero-order chi connectivity index (χ0) is 16.2. The molecule has 1 heterocycles. The fourth-order valence-corrected chi connectivity index (χ4v) is 2.70. The van der Waals surface area contributed by atoms with Crippen LogP contribution in [0.4, 0.5) is 0 Å². The van der Waals surface area contributed by atoms with E-state index in [-0.39, 0.29) is 5.91 Å². The number of nitrogens with one attached hydrogen (secondary N) is 2. The number of H-pyrrole nitrogens is 1. The van der Waals surface area contributed by atoms with E-state index in [1.165, 1.54) is 0 Å². The van der Waals surface area contributed by atoms with Gasteiger partial charge in [-0.1, -0.05) is 29.8 Å². The largest absolute Gasteiger partial charge is 0.497 e. The van der Waals surface area contributed by atoms with E-state index >= 15 is 0 Å². The number of aromatic amines is 1. The molecule has 0 spiro atoms. The summed E-state index contributed by atoms with van der Waals surface area (Å²) >= 11 is 5.95. The van der Waals surface area contributed by atoms with Gasteiger partial charge in [-0.2, -0.15) is 0 Å². The van der Waals surface area contributed by atoms with Gasteiger partial charge in [0.1, 0.15) is 5.75 Å². The van der Waals surface area contributed by atoms with Gasteiger partial charge in [0.05, 0.1) is 12.7 Å². The second kappa shape index (κ2) is 6.75. The van der Waals surface area contributed by atoms with E-state index < -0.39 is 0 Å². The lowest BCUT2D eigenvalue weighted by molar-refractivity contribution is 0.0956. The summed E-state index contributed by atoms with van der Waals surface area (Å²) in [4.78, 5) is 15.4. The number of fused-ring (bicyclic) bond motifs is 1. The van der Waals surface area contributed by atoms with Crippen molar-refractivity contribution in [3.63, 3.8) is 0 Å². The standard InChI is InChI=1S/C18H17ClN2O2/c1-23-14-4-2-3-12(9-14)7-8-20-18(22)16-11-21-17-10-13(19)5-6-15(16)17/h2-6,9-11,21H,7-8H2,1H3,(H,20,22). The van der Waals surface area contributed by atoms with Crippen molar-refractivity contribution in [2.75, 3.05) is 13.7 Å². The molecule has 0 saturated carbocycles. The highest BCUT2D eigenvalue weighted by molar-refractivity contribution is 6.31. The molecule has 5 heteroatoms. The fourth-order valence-electron chi connectivity index (χ4n) is 2.53. The molecule has 0 atom stereocenters. The minimum atomic E-state index is -0.0959. The molecule has 0 unspecified atom stereocenters. The second-order valence-corrected chi connectivity index (χ2v) is 5.69. The normalized spacial score (nSPS) is 10.7. The molecule has 4 nitrogen and oxygen atoms in total. The molecule has 0 fully saturated rings. The van der Waals surface area contributed by atoms with Crippen molar-refractivity contribution in [3.05, 3.63) is 64.8 Å². The van der Waals surface area contributed by atoms with Crippen LogP contribution in [0.2, 0.25) is 5.02 Å². The Morgan fingerprint density at radius 2 is 2.13 bits per heavy atom. The third kappa shape index (κ3) is 3.48. The number of carbonyl (C=O) groups is 1. The number of aromatic nitrogens is 1. The maximum absolute atomic E-state index is 12.3. The SMILES string of the molecule is COc1cccc(CCNC(=O)c2c[nH]c3cc(Cl)ccc23)c1. The monoisotopic (exact) mass is 328 g/mol. The van der Waals surface area contributed by atoms with Gasteiger partial charge < -0.3 is 15.0 Å². The van der Waals surface area contributed by atoms with E-state index in [0.29, 0.717) is 17.1 Å². The lowest BCUT2D eigenvalue weighted by atomic mass is 10.1. The highest BCUT2D eigenvalue weighted by Crippen LogP contribution is 2.22. The summed E-state index contributed by atoms with van der Waals surface area (Å²) in [6.45, 7) is 0.562. The Bertz CT molecular complexity index is 842. The van der Waals surface area contributed by atoms with Crippen molar-refractivity contribution >= 4 is 28.4 Å². The molecule has 2 aromatic carbocycles. The van der Waals surface area contributed by atoms with Crippen LogP contribution in [0.5, 0.6) is 5.75 Å². The first kappa shape index (κ1) is 15.4. The van der Waals surface area contributed by atoms with Gasteiger partial charge in [-0.3, -0.25) is 4.79 Å². The number of hydrogen-bond donors (Lipinski definition) is 2. The van der Waals surface area contributed by atoms with Crippen LogP contribution < -0.4 is 10.1 Å². The molecule has 0 radical (unpaired) electrons. The molecule has 0 aliphatic heterocycles. The van der Waals surface area contributed by atoms with E-state index in [9.17, 15) is 4.79 Å². The van der Waals surface area contributed by atoms with E-state index in [1.54, 1.807) is 19.4 Å². The van der Waals surface area contributed by atoms with Crippen molar-refractivity contribution in [1.82, 2.24) is 10.3 Å². The molecule has 0 aliphatic rings. The lowest BCUT2D eigenvalue weighted by Crippen LogP contribution is -2.25. The Kier molecular flexibility index (Phi) is 4.53. The van der Waals surface area contributed by atoms with Crippen LogP contribution in [0.15, 0.2) is 48.7 Å². The number of hydrogen-bond acceptors (Lipinski definition) is 2. The number of halogens is 1. The van der Waals surface area contributed by atoms with Crippen molar-refractivity contribution in [1.29, 1.82) is 0 Å². The van der Waals surface area contributed by atoms with Crippen LogP contribution in [0.3, 0.4) is 0 Å². The van der Waals surface area contributed by atoms with Crippen LogP contribution in [0, 0.1) is 0 Å². The van der Waals surface area contributed by atoms with Gasteiger partial charge in [0.25, 0.3) is 5.91 Å². The number of methoxy groups -OCH3 is 1. The molecule has 0 bridgehead atoms. The summed E-state index contributed by atoms with van der Waals surface area (Å²) in [6, 6.07) is 13.3. The zero-order valence-corrected chi connectivity index (χ0v) is 13.5. The molecule has 3 rings (SSSR count). The molecular formula is C18H17ClN2O2. The summed E-state index contributed by atoms with van der Waals surface area (Å²) in [5, 5.41) is 4.46. The van der Waals surface area contributed by atoms with E-state index in [1.807, 2.05) is 36.4 Å². The van der Waals surface area contributed by atoms with Crippen molar-refractivity contribution in [2.24, 2.45) is 0 Å². The van der Waals surface area contributed by atoms with E-state index in [4.69, 9.17) is 16.3 Å². The third-order valence-corrected chi connectivity index (χ3v) is 3.96. The van der Waals surface area contributed by atoms with Gasteiger partial charge in [-0.25, -0.2) is 0 Å². The highest BCUT2D eigenvalue weighted by atomic mass is 35.5. The first-order valence-electron chi connectivity index (χ1n) is 7.35. The molecule has 3 aromatic rings. The van der Waals surface area contributed by atoms with Gasteiger partial charge >= 0.3 is 0 Å². The van der Waals surface area contributed by atoms with Crippen LogP contribution in [-0.2, 0) is 6.42 Å². The Hall–Kier alpha value is -2.46. The predicted molar refractivity (Wildman–Crippen MR) is 92.3 cm³/mol. The highest BCUT2D eigenvalue weighted by Gasteiger charge is 2.11. The second-order valence-electron chi connectivity index (χ2n) is 5.25. The Labute approximate surface area is 139 Å². The smallest absolute Gasteiger partial charge is 0.253 e. The van der Waals surface area contributed by atoms with E-state index in [0.717, 1.165) is 28.6 Å². The summed E-state index contributed by atoms with van der Waals surface area (Å²) in [5.41, 5.74) is 2.60. The van der Waals surface area contributed by atoms with Gasteiger partial charge in [0, 0.05) is 28.7 Å². The zero-order valence-electron chi connectivity index (χ0n) is 12.7. The first-order valence-corrected chi connectivity index (χ1v) is 7.73. The molecule has 1 amide bonds. The topological polar surface area (TPSA) is 54.1 Å². The van der Waals surface area contributed by atoms with Gasteiger partial charge in [-0.15, -0.1) is 0 Å². The number of amides is 1. The minimum absolute atomic E-state index is 0.0959. The van der Waals surface area contributed by atoms with Crippen LogP contribution >= 0.6 is 11.6 Å². The Morgan fingerprint density at radius 1 is 1.26 bits per heavy atom. The number of carbonyl (C=O) groups excluding carboxylic acids is 1. The molecular weight excluding hydrogens is 312 g/mol. The quantitative estimate of drug-likeness (QED) is 0.748. The maximum Gasteiger partial charge on any atom is 0.253 e.